The summed E-state index contributed by atoms with van der Waals surface area (Å²) in [4.78, 5) is 11.2. The van der Waals surface area contributed by atoms with Crippen molar-refractivity contribution in [2.75, 3.05) is 32.3 Å². The van der Waals surface area contributed by atoms with Crippen molar-refractivity contribution in [2.24, 2.45) is 0 Å². The van der Waals surface area contributed by atoms with Gasteiger partial charge in [-0.1, -0.05) is 20.8 Å². The van der Waals surface area contributed by atoms with E-state index in [4.69, 9.17) is 19.2 Å². The molecule has 0 N–H and O–H groups in total. The Kier molecular flexibility index (Phi) is 4.09. The van der Waals surface area contributed by atoms with Crippen LogP contribution >= 0.6 is 0 Å². The Morgan fingerprint density at radius 1 is 1.23 bits per heavy atom. The van der Waals surface area contributed by atoms with E-state index < -0.39 is 0 Å². The molecule has 2 aliphatic heterocycles. The number of likely N-dealkylation sites (N-methyl/N-ethyl adjacent to an activating group) is 1. The lowest BCUT2D eigenvalue weighted by molar-refractivity contribution is -0.00783. The van der Waals surface area contributed by atoms with Gasteiger partial charge in [0.25, 0.3) is 0 Å². The minimum Gasteiger partial charge on any atom is -0.376 e. The van der Waals surface area contributed by atoms with Crippen molar-refractivity contribution >= 4 is 5.95 Å². The molecule has 6 heteroatoms. The third-order valence-corrected chi connectivity index (χ3v) is 4.51. The lowest BCUT2D eigenvalue weighted by Crippen LogP contribution is -2.43. The fourth-order valence-corrected chi connectivity index (χ4v) is 3.06. The Morgan fingerprint density at radius 2 is 1.95 bits per heavy atom. The normalized spacial score (nSPS) is 31.3. The lowest BCUT2D eigenvalue weighted by atomic mass is 9.92. The van der Waals surface area contributed by atoms with Crippen LogP contribution in [0.3, 0.4) is 0 Å². The summed E-state index contributed by atoms with van der Waals surface area (Å²) in [6.07, 6.45) is 1.85. The fourth-order valence-electron chi connectivity index (χ4n) is 3.06. The molecule has 1 aromatic heterocycles. The van der Waals surface area contributed by atoms with Crippen molar-refractivity contribution < 1.29 is 14.2 Å². The lowest BCUT2D eigenvalue weighted by Gasteiger charge is -2.28. The number of fused-ring (bicyclic) bond motifs is 1. The van der Waals surface area contributed by atoms with Gasteiger partial charge in [0.15, 0.2) is 0 Å². The average Bonchev–Trinajstić information content (AvgIpc) is 3.07. The Balaban J connectivity index is 1.79. The van der Waals surface area contributed by atoms with E-state index in [1.807, 2.05) is 19.3 Å². The molecule has 4 atom stereocenters. The zero-order valence-corrected chi connectivity index (χ0v) is 13.9. The smallest absolute Gasteiger partial charge is 0.225 e. The SMILES string of the molecule is CO[C@@H]1CO[C@H]2[C@@H]1OC[C@@H]2N(C)c1nccc(C(C)(C)C)n1. The second-order valence-electron chi connectivity index (χ2n) is 7.04. The van der Waals surface area contributed by atoms with Crippen LogP contribution in [0.25, 0.3) is 0 Å². The molecule has 0 aromatic carbocycles. The highest BCUT2D eigenvalue weighted by Gasteiger charge is 2.49. The molecular formula is C16H25N3O3. The highest BCUT2D eigenvalue weighted by molar-refractivity contribution is 5.34. The van der Waals surface area contributed by atoms with E-state index in [2.05, 4.69) is 30.7 Å². The molecule has 22 heavy (non-hydrogen) atoms. The topological polar surface area (TPSA) is 56.7 Å². The van der Waals surface area contributed by atoms with E-state index in [0.717, 1.165) is 5.69 Å². The summed E-state index contributed by atoms with van der Waals surface area (Å²) in [5.41, 5.74) is 1.03. The number of hydrogen-bond donors (Lipinski definition) is 0. The Morgan fingerprint density at radius 3 is 2.64 bits per heavy atom. The summed E-state index contributed by atoms with van der Waals surface area (Å²) in [7, 11) is 3.70. The second kappa shape index (κ2) is 5.76. The van der Waals surface area contributed by atoms with E-state index in [0.29, 0.717) is 19.2 Å². The molecule has 0 spiro atoms. The van der Waals surface area contributed by atoms with Crippen LogP contribution in [0, 0.1) is 0 Å². The summed E-state index contributed by atoms with van der Waals surface area (Å²) in [6.45, 7) is 7.64. The number of ether oxygens (including phenoxy) is 3. The van der Waals surface area contributed by atoms with Crippen LogP contribution in [0.4, 0.5) is 5.95 Å². The largest absolute Gasteiger partial charge is 0.376 e. The summed E-state index contributed by atoms with van der Waals surface area (Å²) < 4.78 is 17.2. The fraction of sp³-hybridized carbons (Fsp3) is 0.750. The van der Waals surface area contributed by atoms with Gasteiger partial charge in [-0.3, -0.25) is 0 Å². The molecule has 0 amide bonds. The minimum atomic E-state index is -0.00174. The molecular weight excluding hydrogens is 282 g/mol. The van der Waals surface area contributed by atoms with Crippen LogP contribution in [0.2, 0.25) is 0 Å². The quantitative estimate of drug-likeness (QED) is 0.841. The highest BCUT2D eigenvalue weighted by atomic mass is 16.6. The summed E-state index contributed by atoms with van der Waals surface area (Å²) in [5, 5.41) is 0. The van der Waals surface area contributed by atoms with Crippen molar-refractivity contribution in [3.8, 4) is 0 Å². The molecule has 1 aromatic rings. The number of aromatic nitrogens is 2. The standard InChI is InChI=1S/C16H25N3O3/c1-16(2,3)12-6-7-17-15(18-12)19(4)10-8-21-14-11(20-5)9-22-13(10)14/h6-7,10-11,13-14H,8-9H2,1-5H3/t10-,11+,13+,14+/m0/s1. The third kappa shape index (κ3) is 2.71. The molecule has 2 saturated heterocycles. The molecule has 0 unspecified atom stereocenters. The predicted octanol–water partition coefficient (Wildman–Crippen LogP) is 1.39. The molecule has 2 aliphatic rings. The first kappa shape index (κ1) is 15.6. The van der Waals surface area contributed by atoms with Crippen LogP contribution in [0.1, 0.15) is 26.5 Å². The van der Waals surface area contributed by atoms with E-state index in [1.54, 1.807) is 7.11 Å². The van der Waals surface area contributed by atoms with E-state index in [1.165, 1.54) is 0 Å². The van der Waals surface area contributed by atoms with Crippen LogP contribution in [-0.2, 0) is 19.6 Å². The third-order valence-electron chi connectivity index (χ3n) is 4.51. The van der Waals surface area contributed by atoms with Gasteiger partial charge in [-0.25, -0.2) is 9.97 Å². The van der Waals surface area contributed by atoms with Crippen LogP contribution in [0.15, 0.2) is 12.3 Å². The summed E-state index contributed by atoms with van der Waals surface area (Å²) in [6, 6.07) is 2.08. The molecule has 3 heterocycles. The maximum atomic E-state index is 5.89. The van der Waals surface area contributed by atoms with Gasteiger partial charge in [-0.05, 0) is 6.07 Å². The molecule has 2 fully saturated rings. The highest BCUT2D eigenvalue weighted by Crippen LogP contribution is 2.32. The average molecular weight is 307 g/mol. The van der Waals surface area contributed by atoms with Gasteiger partial charge in [-0.15, -0.1) is 0 Å². The first-order valence-electron chi connectivity index (χ1n) is 7.74. The van der Waals surface area contributed by atoms with Crippen molar-refractivity contribution in [3.05, 3.63) is 18.0 Å². The van der Waals surface area contributed by atoms with Gasteiger partial charge in [0.2, 0.25) is 5.95 Å². The molecule has 0 saturated carbocycles. The predicted molar refractivity (Wildman–Crippen MR) is 83.2 cm³/mol. The van der Waals surface area contributed by atoms with Gasteiger partial charge in [0.05, 0.1) is 24.9 Å². The van der Waals surface area contributed by atoms with Crippen molar-refractivity contribution in [2.45, 2.75) is 50.5 Å². The van der Waals surface area contributed by atoms with Gasteiger partial charge in [0, 0.05) is 25.8 Å². The molecule has 122 valence electrons. The van der Waals surface area contributed by atoms with Gasteiger partial charge < -0.3 is 19.1 Å². The Labute approximate surface area is 131 Å². The zero-order chi connectivity index (χ0) is 15.9. The number of hydrogen-bond acceptors (Lipinski definition) is 6. The zero-order valence-electron chi connectivity index (χ0n) is 13.9. The van der Waals surface area contributed by atoms with Crippen molar-refractivity contribution in [3.63, 3.8) is 0 Å². The van der Waals surface area contributed by atoms with Gasteiger partial charge in [-0.2, -0.15) is 0 Å². The van der Waals surface area contributed by atoms with Crippen molar-refractivity contribution in [1.29, 1.82) is 0 Å². The van der Waals surface area contributed by atoms with Gasteiger partial charge in [0.1, 0.15) is 18.3 Å². The number of rotatable bonds is 3. The summed E-state index contributed by atoms with van der Waals surface area (Å²) >= 11 is 0. The monoisotopic (exact) mass is 307 g/mol. The maximum absolute atomic E-state index is 5.89. The number of methoxy groups -OCH3 is 1. The van der Waals surface area contributed by atoms with E-state index >= 15 is 0 Å². The van der Waals surface area contributed by atoms with Crippen LogP contribution in [-0.4, -0.2) is 61.7 Å². The Hall–Kier alpha value is -1.24. The van der Waals surface area contributed by atoms with Gasteiger partial charge >= 0.3 is 0 Å². The van der Waals surface area contributed by atoms with E-state index in [9.17, 15) is 0 Å². The van der Waals surface area contributed by atoms with Crippen molar-refractivity contribution in [1.82, 2.24) is 9.97 Å². The van der Waals surface area contributed by atoms with E-state index in [-0.39, 0.29) is 29.8 Å². The molecule has 6 nitrogen and oxygen atoms in total. The molecule has 3 rings (SSSR count). The molecule has 0 bridgehead atoms. The number of nitrogens with zero attached hydrogens (tertiary/aromatic N) is 3. The number of anilines is 1. The first-order valence-corrected chi connectivity index (χ1v) is 7.74. The minimum absolute atomic E-state index is 0.00174. The summed E-state index contributed by atoms with van der Waals surface area (Å²) in [5.74, 6) is 0.714. The second-order valence-corrected chi connectivity index (χ2v) is 7.04. The molecule has 0 aliphatic carbocycles. The Bertz CT molecular complexity index is 532. The van der Waals surface area contributed by atoms with Crippen LogP contribution in [0.5, 0.6) is 0 Å². The van der Waals surface area contributed by atoms with Crippen LogP contribution < -0.4 is 4.90 Å². The maximum Gasteiger partial charge on any atom is 0.225 e. The molecule has 0 radical (unpaired) electrons. The first-order chi connectivity index (χ1) is 10.4.